The lowest BCUT2D eigenvalue weighted by Gasteiger charge is -2.32. The van der Waals surface area contributed by atoms with Gasteiger partial charge in [0, 0.05) is 23.1 Å². The number of benzene rings is 3. The number of carbonyl (C=O) groups excluding carboxylic acids is 2. The fourth-order valence-corrected chi connectivity index (χ4v) is 5.60. The highest BCUT2D eigenvalue weighted by molar-refractivity contribution is 7.92. The Balaban J connectivity index is 2.03. The first-order chi connectivity index (χ1) is 17.5. The van der Waals surface area contributed by atoms with Crippen LogP contribution in [0, 0.1) is 6.92 Å². The summed E-state index contributed by atoms with van der Waals surface area (Å²) in [5.74, 6) is -0.932. The normalized spacial score (nSPS) is 12.0. The van der Waals surface area contributed by atoms with Crippen LogP contribution in [0.1, 0.15) is 25.0 Å². The molecule has 3 aromatic carbocycles. The van der Waals surface area contributed by atoms with E-state index in [0.29, 0.717) is 27.8 Å². The highest BCUT2D eigenvalue weighted by Crippen LogP contribution is 2.26. The number of aryl methyl sites for hydroxylation is 1. The maximum atomic E-state index is 13.8. The highest BCUT2D eigenvalue weighted by atomic mass is 35.5. The molecule has 10 heteroatoms. The molecule has 0 aliphatic heterocycles. The highest BCUT2D eigenvalue weighted by Gasteiger charge is 2.32. The molecule has 37 heavy (non-hydrogen) atoms. The largest absolute Gasteiger partial charge is 0.355 e. The number of carbonyl (C=O) groups is 2. The SMILES string of the molecule is CCNC(=O)[C@@H](C)N(Cc1ccc(Cl)cc1Cl)C(=O)CN(c1ccc(C)cc1)S(=O)(=O)c1ccccc1. The standard InChI is InChI=1S/C27H29Cl2N3O4S/c1-4-30-27(34)20(3)31(17-21-12-13-22(28)16-25(21)29)26(33)18-32(23-14-10-19(2)11-15-23)37(35,36)24-8-6-5-7-9-24/h5-16,20H,4,17-18H2,1-3H3,(H,30,34)/t20-/m1/s1. The number of hydrogen-bond donors (Lipinski definition) is 1. The summed E-state index contributed by atoms with van der Waals surface area (Å²) in [6.45, 7) is 5.10. The van der Waals surface area contributed by atoms with Crippen LogP contribution in [0.15, 0.2) is 77.7 Å². The molecule has 196 valence electrons. The Labute approximate surface area is 228 Å². The van der Waals surface area contributed by atoms with E-state index in [4.69, 9.17) is 23.2 Å². The van der Waals surface area contributed by atoms with Gasteiger partial charge in [-0.2, -0.15) is 0 Å². The molecule has 0 saturated heterocycles. The summed E-state index contributed by atoms with van der Waals surface area (Å²) in [5.41, 5.74) is 1.84. The summed E-state index contributed by atoms with van der Waals surface area (Å²) in [7, 11) is -4.10. The third-order valence-electron chi connectivity index (χ3n) is 5.81. The van der Waals surface area contributed by atoms with Crippen LogP contribution in [0.5, 0.6) is 0 Å². The molecule has 0 spiro atoms. The van der Waals surface area contributed by atoms with Gasteiger partial charge in [-0.05, 0) is 62.7 Å². The minimum Gasteiger partial charge on any atom is -0.355 e. The minimum absolute atomic E-state index is 0.0136. The molecule has 0 aromatic heterocycles. The Morgan fingerprint density at radius 3 is 2.22 bits per heavy atom. The van der Waals surface area contributed by atoms with Crippen molar-refractivity contribution in [3.63, 3.8) is 0 Å². The van der Waals surface area contributed by atoms with Crippen LogP contribution < -0.4 is 9.62 Å². The molecule has 3 aromatic rings. The van der Waals surface area contributed by atoms with Gasteiger partial charge in [-0.1, -0.05) is 65.2 Å². The topological polar surface area (TPSA) is 86.8 Å². The van der Waals surface area contributed by atoms with Gasteiger partial charge in [-0.25, -0.2) is 8.42 Å². The third kappa shape index (κ3) is 7.03. The summed E-state index contributed by atoms with van der Waals surface area (Å²) in [4.78, 5) is 27.9. The van der Waals surface area contributed by atoms with E-state index >= 15 is 0 Å². The molecule has 0 fully saturated rings. The Kier molecular flexibility index (Phi) is 9.59. The molecule has 0 aliphatic rings. The lowest BCUT2D eigenvalue weighted by atomic mass is 10.1. The molecule has 1 atom stereocenters. The molecule has 0 saturated carbocycles. The van der Waals surface area contributed by atoms with Crippen molar-refractivity contribution in [1.82, 2.24) is 10.2 Å². The van der Waals surface area contributed by atoms with Gasteiger partial charge in [-0.3, -0.25) is 13.9 Å². The van der Waals surface area contributed by atoms with Crippen molar-refractivity contribution >= 4 is 50.7 Å². The zero-order valence-corrected chi connectivity index (χ0v) is 23.1. The Hall–Kier alpha value is -3.07. The van der Waals surface area contributed by atoms with Crippen molar-refractivity contribution in [2.24, 2.45) is 0 Å². The van der Waals surface area contributed by atoms with Gasteiger partial charge in [0.2, 0.25) is 11.8 Å². The maximum absolute atomic E-state index is 13.8. The van der Waals surface area contributed by atoms with Crippen LogP contribution in [0.25, 0.3) is 0 Å². The first-order valence-corrected chi connectivity index (χ1v) is 13.9. The number of halogens is 2. The number of rotatable bonds is 10. The molecule has 3 rings (SSSR count). The maximum Gasteiger partial charge on any atom is 0.264 e. The predicted octanol–water partition coefficient (Wildman–Crippen LogP) is 5.05. The molecular weight excluding hydrogens is 533 g/mol. The molecular formula is C27H29Cl2N3O4S. The van der Waals surface area contributed by atoms with Crippen LogP contribution in [0.4, 0.5) is 5.69 Å². The number of anilines is 1. The molecule has 1 N–H and O–H groups in total. The molecule has 0 radical (unpaired) electrons. The van der Waals surface area contributed by atoms with Crippen molar-refractivity contribution < 1.29 is 18.0 Å². The van der Waals surface area contributed by atoms with Gasteiger partial charge in [0.15, 0.2) is 0 Å². The lowest BCUT2D eigenvalue weighted by Crippen LogP contribution is -2.51. The summed E-state index contributed by atoms with van der Waals surface area (Å²) < 4.78 is 28.4. The smallest absolute Gasteiger partial charge is 0.264 e. The van der Waals surface area contributed by atoms with Crippen molar-refractivity contribution in [3.05, 3.63) is 94.0 Å². The van der Waals surface area contributed by atoms with Gasteiger partial charge in [0.25, 0.3) is 10.0 Å². The number of hydrogen-bond acceptors (Lipinski definition) is 4. The van der Waals surface area contributed by atoms with Crippen LogP contribution in [-0.4, -0.2) is 44.3 Å². The number of sulfonamides is 1. The van der Waals surface area contributed by atoms with E-state index in [1.165, 1.54) is 17.0 Å². The zero-order chi connectivity index (χ0) is 27.2. The number of likely N-dealkylation sites (N-methyl/N-ethyl adjacent to an activating group) is 1. The van der Waals surface area contributed by atoms with Crippen molar-refractivity contribution in [3.8, 4) is 0 Å². The summed E-state index contributed by atoms with van der Waals surface area (Å²) in [6, 6.07) is 18.7. The van der Waals surface area contributed by atoms with E-state index in [1.54, 1.807) is 74.5 Å². The number of nitrogens with zero attached hydrogens (tertiary/aromatic N) is 2. The first-order valence-electron chi connectivity index (χ1n) is 11.7. The molecule has 0 heterocycles. The quantitative estimate of drug-likeness (QED) is 0.375. The zero-order valence-electron chi connectivity index (χ0n) is 20.8. The third-order valence-corrected chi connectivity index (χ3v) is 8.18. The van der Waals surface area contributed by atoms with Gasteiger partial charge in [-0.15, -0.1) is 0 Å². The molecule has 0 aliphatic carbocycles. The predicted molar refractivity (Wildman–Crippen MR) is 147 cm³/mol. The van der Waals surface area contributed by atoms with Crippen LogP contribution in [0.2, 0.25) is 10.0 Å². The average molecular weight is 563 g/mol. The van der Waals surface area contributed by atoms with Crippen molar-refractivity contribution in [2.75, 3.05) is 17.4 Å². The fourth-order valence-electron chi connectivity index (χ4n) is 3.70. The second kappa shape index (κ2) is 12.4. The second-order valence-corrected chi connectivity index (χ2v) is 11.2. The van der Waals surface area contributed by atoms with Gasteiger partial charge >= 0.3 is 0 Å². The minimum atomic E-state index is -4.10. The van der Waals surface area contributed by atoms with E-state index in [1.807, 2.05) is 6.92 Å². The van der Waals surface area contributed by atoms with Gasteiger partial charge in [0.1, 0.15) is 12.6 Å². The van der Waals surface area contributed by atoms with Crippen LogP contribution in [-0.2, 0) is 26.2 Å². The number of nitrogens with one attached hydrogen (secondary N) is 1. The Bertz CT molecular complexity index is 1350. The molecule has 2 amide bonds. The molecule has 0 unspecified atom stereocenters. The van der Waals surface area contributed by atoms with E-state index in [2.05, 4.69) is 5.32 Å². The van der Waals surface area contributed by atoms with Crippen LogP contribution in [0.3, 0.4) is 0 Å². The average Bonchev–Trinajstić information content (AvgIpc) is 2.87. The Morgan fingerprint density at radius 1 is 0.973 bits per heavy atom. The summed E-state index contributed by atoms with van der Waals surface area (Å²) in [5, 5.41) is 3.49. The molecule has 0 bridgehead atoms. The van der Waals surface area contributed by atoms with E-state index in [-0.39, 0.29) is 17.3 Å². The van der Waals surface area contributed by atoms with Gasteiger partial charge in [0.05, 0.1) is 10.6 Å². The van der Waals surface area contributed by atoms with Gasteiger partial charge < -0.3 is 10.2 Å². The van der Waals surface area contributed by atoms with E-state index < -0.39 is 28.5 Å². The summed E-state index contributed by atoms with van der Waals surface area (Å²) >= 11 is 12.4. The molecule has 7 nitrogen and oxygen atoms in total. The van der Waals surface area contributed by atoms with Crippen molar-refractivity contribution in [2.45, 2.75) is 38.3 Å². The first kappa shape index (κ1) is 28.5. The van der Waals surface area contributed by atoms with Crippen molar-refractivity contribution in [1.29, 1.82) is 0 Å². The second-order valence-electron chi connectivity index (χ2n) is 8.49. The fraction of sp³-hybridized carbons (Fsp3) is 0.259. The monoisotopic (exact) mass is 561 g/mol. The van der Waals surface area contributed by atoms with E-state index in [0.717, 1.165) is 9.87 Å². The number of amides is 2. The Morgan fingerprint density at radius 2 is 1.62 bits per heavy atom. The van der Waals surface area contributed by atoms with Crippen LogP contribution >= 0.6 is 23.2 Å². The summed E-state index contributed by atoms with van der Waals surface area (Å²) in [6.07, 6.45) is 0. The van der Waals surface area contributed by atoms with E-state index in [9.17, 15) is 18.0 Å². The lowest BCUT2D eigenvalue weighted by molar-refractivity contribution is -0.139.